The number of likely N-dealkylation sites (tertiary alicyclic amines) is 2. The van der Waals surface area contributed by atoms with Crippen molar-refractivity contribution in [1.82, 2.24) is 15.1 Å². The van der Waals surface area contributed by atoms with Gasteiger partial charge in [-0.2, -0.15) is 0 Å². The maximum atomic E-state index is 5.39. The van der Waals surface area contributed by atoms with E-state index in [1.165, 1.54) is 38.9 Å². The monoisotopic (exact) mass is 458 g/mol. The number of hydrogen-bond acceptors (Lipinski definition) is 3. The molecule has 5 nitrogen and oxygen atoms in total. The molecule has 0 bridgehead atoms. The van der Waals surface area contributed by atoms with E-state index >= 15 is 0 Å². The van der Waals surface area contributed by atoms with Gasteiger partial charge in [0.2, 0.25) is 0 Å². The standard InChI is InChI=1S/C19H30N4O.HI/c1-2-9-20-19(21-10-7-18-6-5-14-24-18)23-13-8-17(16-23)15-22-11-3-4-12-22;/h2,5-6,14,17H,1,3-4,7-13,15-16H2,(H,20,21);1H. The second-order valence-electron chi connectivity index (χ2n) is 6.81. The van der Waals surface area contributed by atoms with E-state index in [0.29, 0.717) is 0 Å². The third-order valence-corrected chi connectivity index (χ3v) is 4.90. The van der Waals surface area contributed by atoms with Crippen LogP contribution in [-0.2, 0) is 6.42 Å². The van der Waals surface area contributed by atoms with Gasteiger partial charge in [-0.25, -0.2) is 0 Å². The Hall–Kier alpha value is -1.02. The summed E-state index contributed by atoms with van der Waals surface area (Å²) in [6, 6.07) is 3.94. The molecule has 2 saturated heterocycles. The molecule has 3 heterocycles. The molecule has 0 aliphatic carbocycles. The Morgan fingerprint density at radius 2 is 2.20 bits per heavy atom. The summed E-state index contributed by atoms with van der Waals surface area (Å²) < 4.78 is 5.39. The lowest BCUT2D eigenvalue weighted by molar-refractivity contribution is 0.281. The number of nitrogens with zero attached hydrogens (tertiary/aromatic N) is 3. The van der Waals surface area contributed by atoms with Crippen LogP contribution >= 0.6 is 24.0 Å². The summed E-state index contributed by atoms with van der Waals surface area (Å²) >= 11 is 0. The van der Waals surface area contributed by atoms with Crippen LogP contribution in [0.4, 0.5) is 0 Å². The van der Waals surface area contributed by atoms with Crippen molar-refractivity contribution in [3.63, 3.8) is 0 Å². The Kier molecular flexibility index (Phi) is 8.81. The SMILES string of the molecule is C=CCNC(=NCCc1ccco1)N1CCC(CN2CCCC2)C1.I. The molecule has 0 amide bonds. The molecule has 2 fully saturated rings. The summed E-state index contributed by atoms with van der Waals surface area (Å²) in [7, 11) is 0. The molecule has 3 rings (SSSR count). The van der Waals surface area contributed by atoms with Crippen molar-refractivity contribution < 1.29 is 4.42 Å². The van der Waals surface area contributed by atoms with Crippen molar-refractivity contribution >= 4 is 29.9 Å². The lowest BCUT2D eigenvalue weighted by Gasteiger charge is -2.23. The molecule has 6 heteroatoms. The zero-order chi connectivity index (χ0) is 16.6. The van der Waals surface area contributed by atoms with Gasteiger partial charge in [0.15, 0.2) is 5.96 Å². The number of hydrogen-bond donors (Lipinski definition) is 1. The first-order valence-corrected chi connectivity index (χ1v) is 9.24. The Labute approximate surface area is 168 Å². The molecule has 1 aromatic heterocycles. The first-order valence-electron chi connectivity index (χ1n) is 9.24. The van der Waals surface area contributed by atoms with Crippen LogP contribution < -0.4 is 5.32 Å². The van der Waals surface area contributed by atoms with Crippen LogP contribution in [0.2, 0.25) is 0 Å². The number of aliphatic imine (C=N–C) groups is 1. The molecule has 140 valence electrons. The first-order chi connectivity index (χ1) is 11.8. The van der Waals surface area contributed by atoms with E-state index in [0.717, 1.165) is 50.2 Å². The zero-order valence-electron chi connectivity index (χ0n) is 15.0. The fraction of sp³-hybridized carbons (Fsp3) is 0.632. The quantitative estimate of drug-likeness (QED) is 0.295. The highest BCUT2D eigenvalue weighted by molar-refractivity contribution is 14.0. The number of guanidine groups is 1. The highest BCUT2D eigenvalue weighted by Gasteiger charge is 2.27. The van der Waals surface area contributed by atoms with Crippen molar-refractivity contribution in [2.75, 3.05) is 45.8 Å². The minimum Gasteiger partial charge on any atom is -0.469 e. The van der Waals surface area contributed by atoms with E-state index in [-0.39, 0.29) is 24.0 Å². The lowest BCUT2D eigenvalue weighted by Crippen LogP contribution is -2.41. The molecule has 0 spiro atoms. The van der Waals surface area contributed by atoms with Gasteiger partial charge in [-0.3, -0.25) is 4.99 Å². The van der Waals surface area contributed by atoms with Gasteiger partial charge in [-0.1, -0.05) is 6.08 Å². The molecular formula is C19H31IN4O. The van der Waals surface area contributed by atoms with E-state index in [2.05, 4.69) is 21.7 Å². The van der Waals surface area contributed by atoms with E-state index in [9.17, 15) is 0 Å². The maximum absolute atomic E-state index is 5.39. The van der Waals surface area contributed by atoms with Gasteiger partial charge in [0.05, 0.1) is 6.26 Å². The van der Waals surface area contributed by atoms with Gasteiger partial charge in [-0.05, 0) is 50.4 Å². The van der Waals surface area contributed by atoms with Gasteiger partial charge in [0.25, 0.3) is 0 Å². The first kappa shape index (κ1) is 20.3. The Bertz CT molecular complexity index is 526. The van der Waals surface area contributed by atoms with E-state index in [1.807, 2.05) is 18.2 Å². The summed E-state index contributed by atoms with van der Waals surface area (Å²) in [6.07, 6.45) is 8.47. The van der Waals surface area contributed by atoms with Crippen LogP contribution in [0.15, 0.2) is 40.5 Å². The molecule has 1 N–H and O–H groups in total. The van der Waals surface area contributed by atoms with Gasteiger partial charge in [-0.15, -0.1) is 30.6 Å². The van der Waals surface area contributed by atoms with Crippen LogP contribution in [0.5, 0.6) is 0 Å². The molecule has 1 atom stereocenters. The highest BCUT2D eigenvalue weighted by atomic mass is 127. The highest BCUT2D eigenvalue weighted by Crippen LogP contribution is 2.20. The molecule has 0 aromatic carbocycles. The van der Waals surface area contributed by atoms with Crippen molar-refractivity contribution in [3.8, 4) is 0 Å². The molecule has 2 aliphatic rings. The summed E-state index contributed by atoms with van der Waals surface area (Å²) in [5, 5.41) is 3.42. The van der Waals surface area contributed by atoms with Gasteiger partial charge < -0.3 is 19.5 Å². The normalized spacial score (nSPS) is 21.4. The smallest absolute Gasteiger partial charge is 0.194 e. The van der Waals surface area contributed by atoms with Crippen molar-refractivity contribution in [1.29, 1.82) is 0 Å². The van der Waals surface area contributed by atoms with Crippen molar-refractivity contribution in [2.24, 2.45) is 10.9 Å². The second-order valence-corrected chi connectivity index (χ2v) is 6.81. The lowest BCUT2D eigenvalue weighted by atomic mass is 10.1. The third-order valence-electron chi connectivity index (χ3n) is 4.90. The van der Waals surface area contributed by atoms with Gasteiger partial charge >= 0.3 is 0 Å². The number of furan rings is 1. The zero-order valence-corrected chi connectivity index (χ0v) is 17.4. The third kappa shape index (κ3) is 6.33. The topological polar surface area (TPSA) is 44.0 Å². The molecular weight excluding hydrogens is 427 g/mol. The largest absolute Gasteiger partial charge is 0.469 e. The Morgan fingerprint density at radius 1 is 1.36 bits per heavy atom. The van der Waals surface area contributed by atoms with Crippen molar-refractivity contribution in [3.05, 3.63) is 36.8 Å². The fourth-order valence-electron chi connectivity index (χ4n) is 3.66. The summed E-state index contributed by atoms with van der Waals surface area (Å²) in [5.74, 6) is 2.78. The van der Waals surface area contributed by atoms with Crippen LogP contribution in [0.1, 0.15) is 25.0 Å². The minimum absolute atomic E-state index is 0. The molecule has 25 heavy (non-hydrogen) atoms. The fourth-order valence-corrected chi connectivity index (χ4v) is 3.66. The van der Waals surface area contributed by atoms with E-state index in [1.54, 1.807) is 6.26 Å². The van der Waals surface area contributed by atoms with Crippen LogP contribution in [-0.4, -0.2) is 61.6 Å². The summed E-state index contributed by atoms with van der Waals surface area (Å²) in [5.41, 5.74) is 0. The number of halogens is 1. The summed E-state index contributed by atoms with van der Waals surface area (Å²) in [4.78, 5) is 9.83. The predicted molar refractivity (Wildman–Crippen MR) is 114 cm³/mol. The minimum atomic E-state index is 0. The Morgan fingerprint density at radius 3 is 2.92 bits per heavy atom. The predicted octanol–water partition coefficient (Wildman–Crippen LogP) is 2.99. The second kappa shape index (κ2) is 10.9. The molecule has 1 aromatic rings. The molecule has 0 saturated carbocycles. The Balaban J connectivity index is 0.00000225. The molecule has 1 unspecified atom stereocenters. The average Bonchev–Trinajstić information content (AvgIpc) is 3.34. The van der Waals surface area contributed by atoms with Crippen LogP contribution in [0.25, 0.3) is 0 Å². The summed E-state index contributed by atoms with van der Waals surface area (Å²) in [6.45, 7) is 11.3. The molecule has 0 radical (unpaired) electrons. The van der Waals surface area contributed by atoms with Gasteiger partial charge in [0, 0.05) is 39.1 Å². The van der Waals surface area contributed by atoms with E-state index in [4.69, 9.17) is 9.41 Å². The molecule has 2 aliphatic heterocycles. The average molecular weight is 458 g/mol. The maximum Gasteiger partial charge on any atom is 0.194 e. The number of rotatable bonds is 7. The number of nitrogens with one attached hydrogen (secondary N) is 1. The van der Waals surface area contributed by atoms with Crippen molar-refractivity contribution in [2.45, 2.75) is 25.7 Å². The van der Waals surface area contributed by atoms with Gasteiger partial charge in [0.1, 0.15) is 5.76 Å². The van der Waals surface area contributed by atoms with E-state index < -0.39 is 0 Å². The van der Waals surface area contributed by atoms with Crippen LogP contribution in [0, 0.1) is 5.92 Å². The van der Waals surface area contributed by atoms with Crippen LogP contribution in [0.3, 0.4) is 0 Å².